The van der Waals surface area contributed by atoms with Gasteiger partial charge in [-0.1, -0.05) is 30.3 Å². The molecule has 0 unspecified atom stereocenters. The van der Waals surface area contributed by atoms with Gasteiger partial charge < -0.3 is 5.32 Å². The van der Waals surface area contributed by atoms with Crippen LogP contribution in [0, 0.1) is 0 Å². The van der Waals surface area contributed by atoms with E-state index in [-0.39, 0.29) is 12.5 Å². The summed E-state index contributed by atoms with van der Waals surface area (Å²) in [6, 6.07) is 11.2. The van der Waals surface area contributed by atoms with E-state index in [0.717, 1.165) is 11.8 Å². The number of rotatable bonds is 7. The van der Waals surface area contributed by atoms with Crippen LogP contribution in [0.15, 0.2) is 36.4 Å². The number of aromatic amines is 1. The summed E-state index contributed by atoms with van der Waals surface area (Å²) >= 11 is 0. The molecule has 3 N–H and O–H groups in total. The van der Waals surface area contributed by atoms with E-state index in [2.05, 4.69) is 20.2 Å². The first kappa shape index (κ1) is 16.2. The summed E-state index contributed by atoms with van der Waals surface area (Å²) < 4.78 is 24.1. The Labute approximate surface area is 129 Å². The first-order valence-electron chi connectivity index (χ1n) is 6.79. The minimum absolute atomic E-state index is 0.269. The Hall–Kier alpha value is -2.19. The Kier molecular flexibility index (Phi) is 5.29. The standard InChI is InChI=1S/C14H18N4O3S/c1-22(20,21)16-9-5-8-15-14(19)13-10-12(17-18-13)11-6-3-2-4-7-11/h2-4,6-7,10,16H,5,8-9H2,1H3,(H,15,19)(H,17,18). The molecule has 0 saturated carbocycles. The topological polar surface area (TPSA) is 104 Å². The molecule has 0 spiro atoms. The lowest BCUT2D eigenvalue weighted by atomic mass is 10.1. The van der Waals surface area contributed by atoms with Crippen molar-refractivity contribution in [3.8, 4) is 11.3 Å². The number of H-pyrrole nitrogens is 1. The molecular formula is C14H18N4O3S. The number of aromatic nitrogens is 2. The van der Waals surface area contributed by atoms with Crippen molar-refractivity contribution >= 4 is 15.9 Å². The molecule has 8 heteroatoms. The molecule has 0 aliphatic rings. The van der Waals surface area contributed by atoms with E-state index in [9.17, 15) is 13.2 Å². The zero-order chi connectivity index (χ0) is 16.0. The average molecular weight is 322 g/mol. The van der Waals surface area contributed by atoms with Crippen LogP contribution in [0.3, 0.4) is 0 Å². The average Bonchev–Trinajstić information content (AvgIpc) is 2.96. The van der Waals surface area contributed by atoms with Gasteiger partial charge in [-0.05, 0) is 12.5 Å². The minimum atomic E-state index is -3.18. The van der Waals surface area contributed by atoms with Crippen LogP contribution < -0.4 is 10.0 Å². The highest BCUT2D eigenvalue weighted by molar-refractivity contribution is 7.88. The number of hydrogen-bond donors (Lipinski definition) is 3. The molecule has 2 aromatic rings. The fourth-order valence-corrected chi connectivity index (χ4v) is 2.35. The highest BCUT2D eigenvalue weighted by atomic mass is 32.2. The third-order valence-corrected chi connectivity index (χ3v) is 3.62. The number of benzene rings is 1. The van der Waals surface area contributed by atoms with E-state index in [1.165, 1.54) is 0 Å². The van der Waals surface area contributed by atoms with Crippen molar-refractivity contribution < 1.29 is 13.2 Å². The summed E-state index contributed by atoms with van der Waals surface area (Å²) in [4.78, 5) is 11.9. The summed E-state index contributed by atoms with van der Waals surface area (Å²) in [6.45, 7) is 0.665. The Balaban J connectivity index is 1.82. The molecule has 118 valence electrons. The number of sulfonamides is 1. The van der Waals surface area contributed by atoms with Crippen LogP contribution in [-0.4, -0.2) is 43.9 Å². The predicted molar refractivity (Wildman–Crippen MR) is 83.8 cm³/mol. The minimum Gasteiger partial charge on any atom is -0.351 e. The van der Waals surface area contributed by atoms with Crippen molar-refractivity contribution in [2.45, 2.75) is 6.42 Å². The van der Waals surface area contributed by atoms with Crippen LogP contribution in [0.2, 0.25) is 0 Å². The number of carbonyl (C=O) groups excluding carboxylic acids is 1. The maximum atomic E-state index is 11.9. The normalized spacial score (nSPS) is 11.3. The third kappa shape index (κ3) is 4.97. The highest BCUT2D eigenvalue weighted by Gasteiger charge is 2.10. The lowest BCUT2D eigenvalue weighted by Crippen LogP contribution is -2.29. The van der Waals surface area contributed by atoms with Crippen molar-refractivity contribution in [3.63, 3.8) is 0 Å². The summed E-state index contributed by atoms with van der Waals surface area (Å²) in [5, 5.41) is 9.51. The van der Waals surface area contributed by atoms with E-state index >= 15 is 0 Å². The molecule has 0 aliphatic carbocycles. The number of nitrogens with one attached hydrogen (secondary N) is 3. The first-order valence-corrected chi connectivity index (χ1v) is 8.68. The SMILES string of the molecule is CS(=O)(=O)NCCCNC(=O)c1cc(-c2ccccc2)n[nH]1. The summed E-state index contributed by atoms with van der Waals surface area (Å²) in [5.74, 6) is -0.269. The summed E-state index contributed by atoms with van der Waals surface area (Å²) in [6.07, 6.45) is 1.61. The van der Waals surface area contributed by atoms with Crippen LogP contribution in [-0.2, 0) is 10.0 Å². The molecule has 7 nitrogen and oxygen atoms in total. The number of amides is 1. The van der Waals surface area contributed by atoms with Crippen LogP contribution >= 0.6 is 0 Å². The van der Waals surface area contributed by atoms with E-state index in [4.69, 9.17) is 0 Å². The molecule has 1 heterocycles. The molecule has 0 atom stereocenters. The Morgan fingerprint density at radius 1 is 1.23 bits per heavy atom. The molecular weight excluding hydrogens is 304 g/mol. The highest BCUT2D eigenvalue weighted by Crippen LogP contribution is 2.16. The fourth-order valence-electron chi connectivity index (χ4n) is 1.84. The Morgan fingerprint density at radius 2 is 1.95 bits per heavy atom. The van der Waals surface area contributed by atoms with Gasteiger partial charge in [0.15, 0.2) is 0 Å². The molecule has 1 aromatic carbocycles. The summed E-state index contributed by atoms with van der Waals surface area (Å²) in [5.41, 5.74) is 1.99. The van der Waals surface area contributed by atoms with Gasteiger partial charge in [0.1, 0.15) is 5.69 Å². The molecule has 0 aliphatic heterocycles. The Bertz CT molecular complexity index is 726. The zero-order valence-electron chi connectivity index (χ0n) is 12.2. The second-order valence-electron chi connectivity index (χ2n) is 4.81. The van der Waals surface area contributed by atoms with Crippen LogP contribution in [0.25, 0.3) is 11.3 Å². The van der Waals surface area contributed by atoms with E-state index < -0.39 is 10.0 Å². The monoisotopic (exact) mass is 322 g/mol. The molecule has 0 bridgehead atoms. The predicted octanol–water partition coefficient (Wildman–Crippen LogP) is 0.746. The molecule has 0 fully saturated rings. The molecule has 2 rings (SSSR count). The van der Waals surface area contributed by atoms with Gasteiger partial charge in [0.2, 0.25) is 10.0 Å². The number of carbonyl (C=O) groups is 1. The molecule has 22 heavy (non-hydrogen) atoms. The van der Waals surface area contributed by atoms with Crippen LogP contribution in [0.5, 0.6) is 0 Å². The van der Waals surface area contributed by atoms with Gasteiger partial charge >= 0.3 is 0 Å². The quantitative estimate of drug-likeness (QED) is 0.654. The van der Waals surface area contributed by atoms with Gasteiger partial charge in [-0.15, -0.1) is 0 Å². The second kappa shape index (κ2) is 7.19. The molecule has 0 radical (unpaired) electrons. The van der Waals surface area contributed by atoms with Crippen molar-refractivity contribution in [2.75, 3.05) is 19.3 Å². The molecule has 0 saturated heterocycles. The van der Waals surface area contributed by atoms with Crippen LogP contribution in [0.4, 0.5) is 0 Å². The lowest BCUT2D eigenvalue weighted by molar-refractivity contribution is 0.0948. The second-order valence-corrected chi connectivity index (χ2v) is 6.64. The smallest absolute Gasteiger partial charge is 0.269 e. The van der Waals surface area contributed by atoms with Crippen LogP contribution in [0.1, 0.15) is 16.9 Å². The van der Waals surface area contributed by atoms with Gasteiger partial charge in [0, 0.05) is 18.7 Å². The third-order valence-electron chi connectivity index (χ3n) is 2.90. The van der Waals surface area contributed by atoms with Crippen molar-refractivity contribution in [3.05, 3.63) is 42.1 Å². The maximum absolute atomic E-state index is 11.9. The van der Waals surface area contributed by atoms with Gasteiger partial charge in [-0.3, -0.25) is 9.89 Å². The van der Waals surface area contributed by atoms with E-state index in [1.54, 1.807) is 6.07 Å². The Morgan fingerprint density at radius 3 is 2.64 bits per heavy atom. The maximum Gasteiger partial charge on any atom is 0.269 e. The van der Waals surface area contributed by atoms with Crippen molar-refractivity contribution in [1.82, 2.24) is 20.2 Å². The van der Waals surface area contributed by atoms with Crippen molar-refractivity contribution in [2.24, 2.45) is 0 Å². The van der Waals surface area contributed by atoms with Gasteiger partial charge in [0.25, 0.3) is 5.91 Å². The first-order chi connectivity index (χ1) is 10.5. The van der Waals surface area contributed by atoms with E-state index in [1.807, 2.05) is 30.3 Å². The summed E-state index contributed by atoms with van der Waals surface area (Å²) in [7, 11) is -3.18. The van der Waals surface area contributed by atoms with Gasteiger partial charge in [-0.2, -0.15) is 5.10 Å². The fraction of sp³-hybridized carbons (Fsp3) is 0.286. The lowest BCUT2D eigenvalue weighted by Gasteiger charge is -2.04. The number of hydrogen-bond acceptors (Lipinski definition) is 4. The zero-order valence-corrected chi connectivity index (χ0v) is 13.0. The van der Waals surface area contributed by atoms with Gasteiger partial charge in [-0.25, -0.2) is 13.1 Å². The van der Waals surface area contributed by atoms with Crippen molar-refractivity contribution in [1.29, 1.82) is 0 Å². The largest absolute Gasteiger partial charge is 0.351 e. The number of nitrogens with zero attached hydrogens (tertiary/aromatic N) is 1. The van der Waals surface area contributed by atoms with E-state index in [0.29, 0.717) is 24.4 Å². The molecule has 1 aromatic heterocycles. The molecule has 1 amide bonds. The van der Waals surface area contributed by atoms with Gasteiger partial charge in [0.05, 0.1) is 11.9 Å².